The lowest BCUT2D eigenvalue weighted by Crippen LogP contribution is -2.13. The van der Waals surface area contributed by atoms with E-state index in [0.29, 0.717) is 5.56 Å². The van der Waals surface area contributed by atoms with Gasteiger partial charge in [-0.1, -0.05) is 17.9 Å². The summed E-state index contributed by atoms with van der Waals surface area (Å²) in [6, 6.07) is 6.55. The second-order valence-electron chi connectivity index (χ2n) is 4.03. The third-order valence-electron chi connectivity index (χ3n) is 2.44. The van der Waals surface area contributed by atoms with Crippen LogP contribution in [0.5, 0.6) is 0 Å². The molecule has 0 saturated heterocycles. The van der Waals surface area contributed by atoms with E-state index in [0.717, 1.165) is 6.07 Å². The zero-order valence-electron chi connectivity index (χ0n) is 10.9. The lowest BCUT2D eigenvalue weighted by atomic mass is 10.3. The number of hydrogen-bond acceptors (Lipinski definition) is 4. The van der Waals surface area contributed by atoms with Crippen molar-refractivity contribution in [1.29, 1.82) is 0 Å². The number of benzene rings is 1. The fraction of sp³-hybridized carbons (Fsp3) is 0.0714. The molecule has 108 valence electrons. The maximum atomic E-state index is 13.1. The number of nitrogens with two attached hydrogens (primary N) is 1. The van der Waals surface area contributed by atoms with Crippen molar-refractivity contribution in [2.45, 2.75) is 4.90 Å². The topological polar surface area (TPSA) is 85.1 Å². The van der Waals surface area contributed by atoms with Crippen molar-refractivity contribution in [2.75, 3.05) is 11.3 Å². The Morgan fingerprint density at radius 3 is 2.81 bits per heavy atom. The van der Waals surface area contributed by atoms with Crippen molar-refractivity contribution in [3.8, 4) is 11.8 Å². The number of nitrogens with one attached hydrogen (secondary N) is 1. The minimum absolute atomic E-state index is 0.0596. The first-order valence-corrected chi connectivity index (χ1v) is 7.42. The smallest absolute Gasteiger partial charge is 0.263 e. The van der Waals surface area contributed by atoms with Gasteiger partial charge in [0.25, 0.3) is 10.0 Å². The highest BCUT2D eigenvalue weighted by Gasteiger charge is 2.15. The maximum Gasteiger partial charge on any atom is 0.263 e. The van der Waals surface area contributed by atoms with Crippen LogP contribution in [0.4, 0.5) is 10.1 Å². The van der Waals surface area contributed by atoms with Crippen LogP contribution in [0.1, 0.15) is 5.56 Å². The van der Waals surface area contributed by atoms with Gasteiger partial charge in [-0.25, -0.2) is 12.8 Å². The molecule has 7 heteroatoms. The Hall–Kier alpha value is -2.43. The number of pyridine rings is 1. The van der Waals surface area contributed by atoms with Crippen molar-refractivity contribution < 1.29 is 12.8 Å². The van der Waals surface area contributed by atoms with Crippen LogP contribution in [-0.4, -0.2) is 19.9 Å². The average molecular weight is 305 g/mol. The van der Waals surface area contributed by atoms with Crippen molar-refractivity contribution in [3.63, 3.8) is 0 Å². The second-order valence-corrected chi connectivity index (χ2v) is 5.71. The average Bonchev–Trinajstić information content (AvgIpc) is 2.45. The van der Waals surface area contributed by atoms with E-state index in [1.54, 1.807) is 0 Å². The summed E-state index contributed by atoms with van der Waals surface area (Å²) in [4.78, 5) is 3.77. The molecule has 0 bridgehead atoms. The molecule has 0 atom stereocenters. The Morgan fingerprint density at radius 2 is 2.10 bits per heavy atom. The summed E-state index contributed by atoms with van der Waals surface area (Å²) in [6.45, 7) is 0.165. The second kappa shape index (κ2) is 6.35. The number of halogens is 1. The van der Waals surface area contributed by atoms with Crippen molar-refractivity contribution >= 4 is 15.7 Å². The molecule has 2 rings (SSSR count). The number of rotatable bonds is 3. The first-order valence-electron chi connectivity index (χ1n) is 5.93. The van der Waals surface area contributed by atoms with Crippen LogP contribution in [0, 0.1) is 17.7 Å². The van der Waals surface area contributed by atoms with E-state index in [1.165, 1.54) is 36.7 Å². The van der Waals surface area contributed by atoms with Gasteiger partial charge >= 0.3 is 0 Å². The molecule has 0 aliphatic carbocycles. The van der Waals surface area contributed by atoms with E-state index in [9.17, 15) is 12.8 Å². The van der Waals surface area contributed by atoms with E-state index in [-0.39, 0.29) is 17.1 Å². The van der Waals surface area contributed by atoms with Crippen LogP contribution < -0.4 is 10.5 Å². The van der Waals surface area contributed by atoms with Crippen molar-refractivity contribution in [1.82, 2.24) is 4.98 Å². The minimum atomic E-state index is -3.86. The maximum absolute atomic E-state index is 13.1. The van der Waals surface area contributed by atoms with Gasteiger partial charge in [0.1, 0.15) is 10.7 Å². The Balaban J connectivity index is 2.31. The van der Waals surface area contributed by atoms with Gasteiger partial charge in [0.2, 0.25) is 0 Å². The van der Waals surface area contributed by atoms with Gasteiger partial charge in [-0.2, -0.15) is 0 Å². The predicted octanol–water partition coefficient (Wildman–Crippen LogP) is 1.33. The highest BCUT2D eigenvalue weighted by Crippen LogP contribution is 2.16. The van der Waals surface area contributed by atoms with Crippen LogP contribution >= 0.6 is 0 Å². The van der Waals surface area contributed by atoms with E-state index in [4.69, 9.17) is 5.73 Å². The molecule has 1 aromatic heterocycles. The Morgan fingerprint density at radius 1 is 1.29 bits per heavy atom. The number of nitrogens with zero attached hydrogens (tertiary/aromatic N) is 1. The highest BCUT2D eigenvalue weighted by molar-refractivity contribution is 7.92. The van der Waals surface area contributed by atoms with Crippen LogP contribution in [-0.2, 0) is 10.0 Å². The Bertz CT molecular complexity index is 810. The first-order chi connectivity index (χ1) is 10.0. The third-order valence-corrected chi connectivity index (χ3v) is 3.78. The van der Waals surface area contributed by atoms with Gasteiger partial charge < -0.3 is 5.73 Å². The van der Waals surface area contributed by atoms with Gasteiger partial charge in [-0.05, 0) is 24.3 Å². The molecule has 0 aliphatic heterocycles. The van der Waals surface area contributed by atoms with E-state index in [2.05, 4.69) is 21.5 Å². The SMILES string of the molecule is NCC#Cc1cncc(S(=O)(=O)Nc2cccc(F)c2)c1. The molecule has 0 spiro atoms. The quantitative estimate of drug-likeness (QED) is 0.838. The number of aromatic nitrogens is 1. The standard InChI is InChI=1S/C14H12FN3O2S/c15-12-4-1-5-13(8-12)18-21(19,20)14-7-11(3-2-6-16)9-17-10-14/h1,4-5,7-10,18H,6,16H2. The molecule has 0 unspecified atom stereocenters. The molecule has 5 nitrogen and oxygen atoms in total. The molecule has 1 heterocycles. The monoisotopic (exact) mass is 305 g/mol. The molecular formula is C14H12FN3O2S. The van der Waals surface area contributed by atoms with E-state index >= 15 is 0 Å². The van der Waals surface area contributed by atoms with Gasteiger partial charge in [-0.3, -0.25) is 9.71 Å². The van der Waals surface area contributed by atoms with Crippen LogP contribution in [0.25, 0.3) is 0 Å². The fourth-order valence-corrected chi connectivity index (χ4v) is 2.59. The fourth-order valence-electron chi connectivity index (χ4n) is 1.55. The summed E-state index contributed by atoms with van der Waals surface area (Å²) in [7, 11) is -3.86. The van der Waals surface area contributed by atoms with Gasteiger partial charge in [0, 0.05) is 18.0 Å². The third kappa shape index (κ3) is 4.02. The summed E-state index contributed by atoms with van der Waals surface area (Å²) >= 11 is 0. The predicted molar refractivity (Wildman–Crippen MR) is 77.4 cm³/mol. The first kappa shape index (κ1) is 15.0. The largest absolute Gasteiger partial charge is 0.320 e. The van der Waals surface area contributed by atoms with Crippen molar-refractivity contribution in [2.24, 2.45) is 5.73 Å². The molecule has 1 aromatic carbocycles. The van der Waals surface area contributed by atoms with Gasteiger partial charge in [0.05, 0.1) is 12.2 Å². The Labute approximate surface area is 122 Å². The normalized spacial score (nSPS) is 10.6. The summed E-state index contributed by atoms with van der Waals surface area (Å²) in [5, 5.41) is 0. The lowest BCUT2D eigenvalue weighted by Gasteiger charge is -2.08. The van der Waals surface area contributed by atoms with Crippen molar-refractivity contribution in [3.05, 3.63) is 54.1 Å². The van der Waals surface area contributed by atoms with Gasteiger partial charge in [-0.15, -0.1) is 0 Å². The van der Waals surface area contributed by atoms with Gasteiger partial charge in [0.15, 0.2) is 0 Å². The molecule has 0 radical (unpaired) electrons. The number of hydrogen-bond donors (Lipinski definition) is 2. The molecule has 0 saturated carbocycles. The molecule has 3 N–H and O–H groups in total. The molecule has 0 amide bonds. The molecule has 0 fully saturated rings. The molecule has 2 aromatic rings. The summed E-state index contributed by atoms with van der Waals surface area (Å²) in [5.41, 5.74) is 5.82. The zero-order valence-corrected chi connectivity index (χ0v) is 11.7. The Kier molecular flexibility index (Phi) is 4.52. The summed E-state index contributed by atoms with van der Waals surface area (Å²) < 4.78 is 39.7. The number of sulfonamides is 1. The molecule has 0 aliphatic rings. The summed E-state index contributed by atoms with van der Waals surface area (Å²) in [6.07, 6.45) is 2.62. The lowest BCUT2D eigenvalue weighted by molar-refractivity contribution is 0.600. The zero-order chi connectivity index (χ0) is 15.3. The minimum Gasteiger partial charge on any atom is -0.320 e. The van der Waals surface area contributed by atoms with E-state index < -0.39 is 15.8 Å². The van der Waals surface area contributed by atoms with Crippen LogP contribution in [0.15, 0.2) is 47.6 Å². The molecule has 21 heavy (non-hydrogen) atoms. The van der Waals surface area contributed by atoms with E-state index in [1.807, 2.05) is 0 Å². The van der Waals surface area contributed by atoms with Crippen LogP contribution in [0.3, 0.4) is 0 Å². The highest BCUT2D eigenvalue weighted by atomic mass is 32.2. The number of anilines is 1. The van der Waals surface area contributed by atoms with Crippen LogP contribution in [0.2, 0.25) is 0 Å². The summed E-state index contributed by atoms with van der Waals surface area (Å²) in [5.74, 6) is 4.78. The molecular weight excluding hydrogens is 293 g/mol.